The summed E-state index contributed by atoms with van der Waals surface area (Å²) in [5, 5.41) is 2.61. The van der Waals surface area contributed by atoms with Crippen molar-refractivity contribution in [2.24, 2.45) is 0 Å². The van der Waals surface area contributed by atoms with Crippen molar-refractivity contribution in [2.45, 2.75) is 38.1 Å². The Morgan fingerprint density at radius 2 is 1.81 bits per heavy atom. The lowest BCUT2D eigenvalue weighted by molar-refractivity contribution is -0.114. The Kier molecular flexibility index (Phi) is 6.39. The van der Waals surface area contributed by atoms with Crippen molar-refractivity contribution in [1.29, 1.82) is 0 Å². The van der Waals surface area contributed by atoms with Crippen molar-refractivity contribution in [1.82, 2.24) is 4.72 Å². The smallest absolute Gasteiger partial charge is 0.241 e. The average Bonchev–Trinajstić information content (AvgIpc) is 2.59. The molecule has 0 saturated heterocycles. The Labute approximate surface area is 154 Å². The van der Waals surface area contributed by atoms with Crippen LogP contribution in [0.2, 0.25) is 0 Å². The summed E-state index contributed by atoms with van der Waals surface area (Å²) >= 11 is 0. The van der Waals surface area contributed by atoms with Crippen LogP contribution in [0.3, 0.4) is 0 Å². The first-order valence-electron chi connectivity index (χ1n) is 8.31. The van der Waals surface area contributed by atoms with Crippen molar-refractivity contribution in [2.75, 3.05) is 12.4 Å². The minimum Gasteiger partial charge on any atom is -0.496 e. The minimum absolute atomic E-state index is 0.148. The molecule has 1 unspecified atom stereocenters. The summed E-state index contributed by atoms with van der Waals surface area (Å²) in [4.78, 5) is 11.2. The molecular formula is C19H24N2O4S. The zero-order chi connectivity index (χ0) is 19.3. The molecule has 2 rings (SSSR count). The second-order valence-electron chi connectivity index (χ2n) is 6.02. The van der Waals surface area contributed by atoms with E-state index in [9.17, 15) is 13.2 Å². The van der Waals surface area contributed by atoms with Gasteiger partial charge in [0, 0.05) is 18.7 Å². The van der Waals surface area contributed by atoms with Gasteiger partial charge in [0.15, 0.2) is 0 Å². The Morgan fingerprint density at radius 3 is 2.31 bits per heavy atom. The molecule has 0 radical (unpaired) electrons. The number of hydrogen-bond acceptors (Lipinski definition) is 4. The van der Waals surface area contributed by atoms with E-state index in [0.29, 0.717) is 12.1 Å². The second kappa shape index (κ2) is 8.33. The van der Waals surface area contributed by atoms with Crippen LogP contribution in [0, 0.1) is 6.92 Å². The van der Waals surface area contributed by atoms with Crippen LogP contribution in [0.5, 0.6) is 5.75 Å². The van der Waals surface area contributed by atoms with Gasteiger partial charge >= 0.3 is 0 Å². The quantitative estimate of drug-likeness (QED) is 0.776. The second-order valence-corrected chi connectivity index (χ2v) is 7.73. The van der Waals surface area contributed by atoms with Gasteiger partial charge in [-0.15, -0.1) is 0 Å². The van der Waals surface area contributed by atoms with Crippen LogP contribution >= 0.6 is 0 Å². The van der Waals surface area contributed by atoms with Gasteiger partial charge in [0.05, 0.1) is 12.0 Å². The molecule has 0 fully saturated rings. The normalized spacial score (nSPS) is 12.5. The summed E-state index contributed by atoms with van der Waals surface area (Å²) in [6, 6.07) is 11.4. The van der Waals surface area contributed by atoms with Gasteiger partial charge in [-0.3, -0.25) is 4.79 Å². The fraction of sp³-hybridized carbons (Fsp3) is 0.316. The van der Waals surface area contributed by atoms with E-state index in [1.807, 2.05) is 32.0 Å². The third-order valence-electron chi connectivity index (χ3n) is 4.01. The molecular weight excluding hydrogens is 352 g/mol. The third-order valence-corrected chi connectivity index (χ3v) is 5.50. The van der Waals surface area contributed by atoms with Crippen LogP contribution in [0.4, 0.5) is 5.69 Å². The number of carbonyl (C=O) groups excluding carboxylic acids is 1. The maximum atomic E-state index is 12.7. The maximum Gasteiger partial charge on any atom is 0.241 e. The first kappa shape index (κ1) is 19.9. The molecule has 0 aliphatic carbocycles. The molecule has 0 aliphatic heterocycles. The monoisotopic (exact) mass is 376 g/mol. The zero-order valence-corrected chi connectivity index (χ0v) is 16.2. The predicted molar refractivity (Wildman–Crippen MR) is 102 cm³/mol. The number of carbonyl (C=O) groups is 1. The van der Waals surface area contributed by atoms with Crippen LogP contribution in [-0.4, -0.2) is 21.4 Å². The van der Waals surface area contributed by atoms with E-state index in [4.69, 9.17) is 4.74 Å². The Balaban J connectivity index is 2.22. The molecule has 2 aromatic carbocycles. The number of methoxy groups -OCH3 is 1. The highest BCUT2D eigenvalue weighted by atomic mass is 32.2. The molecule has 0 aliphatic rings. The molecule has 0 saturated carbocycles. The highest BCUT2D eigenvalue weighted by Gasteiger charge is 2.21. The maximum absolute atomic E-state index is 12.7. The first-order valence-corrected chi connectivity index (χ1v) is 9.79. The van der Waals surface area contributed by atoms with Gasteiger partial charge in [0.1, 0.15) is 5.75 Å². The molecule has 0 spiro atoms. The number of hydrogen-bond donors (Lipinski definition) is 2. The zero-order valence-electron chi connectivity index (χ0n) is 15.4. The summed E-state index contributed by atoms with van der Waals surface area (Å²) in [7, 11) is -2.08. The number of anilines is 1. The average molecular weight is 376 g/mol. The highest BCUT2D eigenvalue weighted by molar-refractivity contribution is 7.89. The van der Waals surface area contributed by atoms with Crippen LogP contribution in [0.25, 0.3) is 0 Å². The van der Waals surface area contributed by atoms with Gasteiger partial charge in [-0.05, 0) is 54.8 Å². The number of benzene rings is 2. The number of ether oxygens (including phenoxy) is 1. The summed E-state index contributed by atoms with van der Waals surface area (Å²) in [5.41, 5.74) is 2.38. The topological polar surface area (TPSA) is 84.5 Å². The Bertz CT molecular complexity index is 877. The largest absolute Gasteiger partial charge is 0.496 e. The van der Waals surface area contributed by atoms with Gasteiger partial charge in [0.25, 0.3) is 0 Å². The molecule has 1 atom stereocenters. The van der Waals surface area contributed by atoms with Gasteiger partial charge < -0.3 is 10.1 Å². The summed E-state index contributed by atoms with van der Waals surface area (Å²) in [6.45, 7) is 5.24. The molecule has 2 N–H and O–H groups in total. The number of sulfonamides is 1. The first-order chi connectivity index (χ1) is 12.3. The predicted octanol–water partition coefficient (Wildman–Crippen LogP) is 3.39. The van der Waals surface area contributed by atoms with E-state index < -0.39 is 10.0 Å². The molecule has 26 heavy (non-hydrogen) atoms. The molecule has 0 bridgehead atoms. The number of amides is 1. The lowest BCUT2D eigenvalue weighted by atomic mass is 10.0. The van der Waals surface area contributed by atoms with E-state index in [-0.39, 0.29) is 16.8 Å². The van der Waals surface area contributed by atoms with Gasteiger partial charge in [-0.2, -0.15) is 0 Å². The van der Waals surface area contributed by atoms with Gasteiger partial charge in [0.2, 0.25) is 15.9 Å². The number of nitrogens with one attached hydrogen (secondary N) is 2. The summed E-state index contributed by atoms with van der Waals surface area (Å²) in [5.74, 6) is 0.555. The number of aryl methyl sites for hydroxylation is 1. The van der Waals surface area contributed by atoms with E-state index in [1.54, 1.807) is 19.2 Å². The van der Waals surface area contributed by atoms with Crippen LogP contribution in [-0.2, 0) is 14.8 Å². The van der Waals surface area contributed by atoms with Crippen LogP contribution in [0.1, 0.15) is 37.4 Å². The molecule has 140 valence electrons. The summed E-state index contributed by atoms with van der Waals surface area (Å²) < 4.78 is 33.4. The SMILES string of the molecule is CCC(NS(=O)(=O)c1ccc(NC(C)=O)cc1)c1ccc(OC)c(C)c1. The highest BCUT2D eigenvalue weighted by Crippen LogP contribution is 2.26. The lowest BCUT2D eigenvalue weighted by Crippen LogP contribution is -2.28. The standard InChI is InChI=1S/C19H24N2O4S/c1-5-18(15-6-11-19(25-4)13(2)12-15)21-26(23,24)17-9-7-16(8-10-17)20-14(3)22/h6-12,18,21H,5H2,1-4H3,(H,20,22). The van der Waals surface area contributed by atoms with E-state index in [2.05, 4.69) is 10.0 Å². The van der Waals surface area contributed by atoms with Crippen LogP contribution in [0.15, 0.2) is 47.4 Å². The fourth-order valence-electron chi connectivity index (χ4n) is 2.68. The van der Waals surface area contributed by atoms with Gasteiger partial charge in [-0.25, -0.2) is 13.1 Å². The van der Waals surface area contributed by atoms with Crippen molar-refractivity contribution in [3.63, 3.8) is 0 Å². The van der Waals surface area contributed by atoms with Crippen molar-refractivity contribution in [3.8, 4) is 5.75 Å². The van der Waals surface area contributed by atoms with E-state index in [1.165, 1.54) is 19.1 Å². The number of rotatable bonds is 7. The van der Waals surface area contributed by atoms with Crippen LogP contribution < -0.4 is 14.8 Å². The Hall–Kier alpha value is -2.38. The summed E-state index contributed by atoms with van der Waals surface area (Å²) in [6.07, 6.45) is 0.606. The van der Waals surface area contributed by atoms with E-state index in [0.717, 1.165) is 16.9 Å². The third kappa shape index (κ3) is 4.83. The molecule has 0 heterocycles. The van der Waals surface area contributed by atoms with E-state index >= 15 is 0 Å². The van der Waals surface area contributed by atoms with Crippen molar-refractivity contribution < 1.29 is 17.9 Å². The fourth-order valence-corrected chi connectivity index (χ4v) is 3.99. The van der Waals surface area contributed by atoms with Crippen molar-refractivity contribution >= 4 is 21.6 Å². The molecule has 7 heteroatoms. The van der Waals surface area contributed by atoms with Crippen molar-refractivity contribution in [3.05, 3.63) is 53.6 Å². The molecule has 1 amide bonds. The lowest BCUT2D eigenvalue weighted by Gasteiger charge is -2.19. The van der Waals surface area contributed by atoms with Gasteiger partial charge in [-0.1, -0.05) is 19.1 Å². The molecule has 6 nitrogen and oxygen atoms in total. The minimum atomic E-state index is -3.69. The molecule has 2 aromatic rings. The Morgan fingerprint density at radius 1 is 1.15 bits per heavy atom. The molecule has 0 aromatic heterocycles.